The molecular weight excluding hydrogens is 509 g/mol. The first kappa shape index (κ1) is 28.5. The van der Waals surface area contributed by atoms with Crippen LogP contribution in [0.1, 0.15) is 49.4 Å². The van der Waals surface area contributed by atoms with Crippen LogP contribution in [0.2, 0.25) is 0 Å². The molecule has 0 radical (unpaired) electrons. The molecule has 2 aromatic carbocycles. The molecule has 2 aromatic rings. The minimum Gasteiger partial charge on any atom is -0.457 e. The average molecular weight is 548 g/mol. The van der Waals surface area contributed by atoms with Crippen molar-refractivity contribution in [3.8, 4) is 0 Å². The molecule has 2 N–H and O–H groups in total. The van der Waals surface area contributed by atoms with Gasteiger partial charge >= 0.3 is 0 Å². The van der Waals surface area contributed by atoms with E-state index in [1.54, 1.807) is 32.0 Å². The van der Waals surface area contributed by atoms with Gasteiger partial charge in [-0.15, -0.1) is 0 Å². The molecule has 38 heavy (non-hydrogen) atoms. The summed E-state index contributed by atoms with van der Waals surface area (Å²) in [5.41, 5.74) is 1.30. The summed E-state index contributed by atoms with van der Waals surface area (Å²) in [6.07, 6.45) is 2.43. The maximum atomic E-state index is 14.4. The second-order valence-corrected chi connectivity index (χ2v) is 12.3. The van der Waals surface area contributed by atoms with Gasteiger partial charge in [-0.1, -0.05) is 42.5 Å². The van der Waals surface area contributed by atoms with Crippen molar-refractivity contribution in [3.63, 3.8) is 0 Å². The molecule has 2 aliphatic heterocycles. The summed E-state index contributed by atoms with van der Waals surface area (Å²) in [6.45, 7) is 7.81. The third-order valence-corrected chi connectivity index (χ3v) is 9.11. The molecular formula is C28H38FN3O5S. The van der Waals surface area contributed by atoms with Crippen molar-refractivity contribution in [2.45, 2.75) is 56.4 Å². The fourth-order valence-electron chi connectivity index (χ4n) is 5.00. The molecule has 0 aliphatic carbocycles. The zero-order chi connectivity index (χ0) is 27.2. The first-order chi connectivity index (χ1) is 18.2. The standard InChI is InChI=1S/C28H38FN3O5S/c1-28(2)26(20-22-11-9-21(10-12-22)6-5-14-32-15-18-36-19-16-32)38(34,35)31-27(37-28)30-25(13-17-33)23-7-3-4-8-24(23)29/h3-4,7-12,25-26,33H,5-6,13-20H2,1-2H3,(H,30,31)/t25-,26?/m0/s1. The maximum absolute atomic E-state index is 14.4. The van der Waals surface area contributed by atoms with E-state index >= 15 is 0 Å². The number of morpholine rings is 1. The van der Waals surface area contributed by atoms with Gasteiger partial charge in [-0.2, -0.15) is 0 Å². The van der Waals surface area contributed by atoms with E-state index in [1.165, 1.54) is 11.6 Å². The zero-order valence-electron chi connectivity index (χ0n) is 22.1. The summed E-state index contributed by atoms with van der Waals surface area (Å²) < 4.78 is 54.8. The van der Waals surface area contributed by atoms with Crippen LogP contribution in [0.3, 0.4) is 0 Å². The van der Waals surface area contributed by atoms with Gasteiger partial charge in [0.15, 0.2) is 0 Å². The van der Waals surface area contributed by atoms with E-state index in [2.05, 4.69) is 26.7 Å². The number of ether oxygens (including phenoxy) is 2. The molecule has 0 saturated carbocycles. The summed E-state index contributed by atoms with van der Waals surface area (Å²) in [5.74, 6) is -0.476. The molecule has 0 spiro atoms. The normalized spacial score (nSPS) is 22.9. The number of halogens is 1. The molecule has 1 unspecified atom stereocenters. The van der Waals surface area contributed by atoms with Crippen molar-refractivity contribution in [1.82, 2.24) is 9.62 Å². The lowest BCUT2D eigenvalue weighted by molar-refractivity contribution is 0.0374. The van der Waals surface area contributed by atoms with Gasteiger partial charge in [-0.3, -0.25) is 4.90 Å². The maximum Gasteiger partial charge on any atom is 0.299 e. The lowest BCUT2D eigenvalue weighted by Crippen LogP contribution is -2.59. The van der Waals surface area contributed by atoms with Gasteiger partial charge in [0.05, 0.1) is 19.3 Å². The predicted octanol–water partition coefficient (Wildman–Crippen LogP) is 3.21. The third kappa shape index (κ3) is 7.31. The Balaban J connectivity index is 1.41. The van der Waals surface area contributed by atoms with Gasteiger partial charge in [0.2, 0.25) is 10.0 Å². The first-order valence-electron chi connectivity index (χ1n) is 13.2. The molecule has 0 aromatic heterocycles. The van der Waals surface area contributed by atoms with Gasteiger partial charge in [0.25, 0.3) is 6.02 Å². The topological polar surface area (TPSA) is 100 Å². The summed E-state index contributed by atoms with van der Waals surface area (Å²) in [5, 5.41) is 8.62. The number of sulfonamides is 1. The summed E-state index contributed by atoms with van der Waals surface area (Å²) in [6, 6.07) is 13.2. The monoisotopic (exact) mass is 547 g/mol. The number of aliphatic hydroxyl groups is 1. The minimum atomic E-state index is -3.85. The number of aliphatic hydroxyl groups excluding tert-OH is 1. The van der Waals surface area contributed by atoms with Gasteiger partial charge in [-0.05, 0) is 63.3 Å². The highest BCUT2D eigenvalue weighted by atomic mass is 32.2. The van der Waals surface area contributed by atoms with Crippen LogP contribution >= 0.6 is 0 Å². The fourth-order valence-corrected chi connectivity index (χ4v) is 6.68. The van der Waals surface area contributed by atoms with Crippen molar-refractivity contribution in [3.05, 3.63) is 71.0 Å². The number of aliphatic imine (C=N–C) groups is 1. The molecule has 2 aliphatic rings. The largest absolute Gasteiger partial charge is 0.457 e. The highest BCUT2D eigenvalue weighted by Crippen LogP contribution is 2.31. The number of rotatable bonds is 10. The Morgan fingerprint density at radius 1 is 1.13 bits per heavy atom. The number of hydrogen-bond acceptors (Lipinski definition) is 7. The van der Waals surface area contributed by atoms with E-state index in [-0.39, 0.29) is 31.0 Å². The van der Waals surface area contributed by atoms with Gasteiger partial charge in [0.1, 0.15) is 16.7 Å². The van der Waals surface area contributed by atoms with Crippen molar-refractivity contribution in [2.24, 2.45) is 4.99 Å². The Morgan fingerprint density at radius 3 is 2.47 bits per heavy atom. The second kappa shape index (κ2) is 12.5. The van der Waals surface area contributed by atoms with E-state index in [4.69, 9.17) is 9.47 Å². The summed E-state index contributed by atoms with van der Waals surface area (Å²) in [7, 11) is -3.85. The molecule has 2 fully saturated rings. The van der Waals surface area contributed by atoms with Crippen LogP contribution in [-0.4, -0.2) is 74.8 Å². The lowest BCUT2D eigenvalue weighted by Gasteiger charge is -2.39. The Morgan fingerprint density at radius 2 is 1.82 bits per heavy atom. The van der Waals surface area contributed by atoms with Crippen LogP contribution in [0.4, 0.5) is 4.39 Å². The Labute approximate surface area is 224 Å². The lowest BCUT2D eigenvalue weighted by atomic mass is 9.96. The highest BCUT2D eigenvalue weighted by Gasteiger charge is 2.47. The van der Waals surface area contributed by atoms with E-state index in [0.29, 0.717) is 0 Å². The zero-order valence-corrected chi connectivity index (χ0v) is 22.9. The van der Waals surface area contributed by atoms with Crippen molar-refractivity contribution in [2.75, 3.05) is 39.5 Å². The number of amidine groups is 1. The highest BCUT2D eigenvalue weighted by molar-refractivity contribution is 7.90. The van der Waals surface area contributed by atoms with E-state index < -0.39 is 32.7 Å². The Kier molecular flexibility index (Phi) is 9.40. The third-order valence-electron chi connectivity index (χ3n) is 7.17. The molecule has 2 heterocycles. The first-order valence-corrected chi connectivity index (χ1v) is 14.7. The van der Waals surface area contributed by atoms with Crippen molar-refractivity contribution < 1.29 is 27.4 Å². The molecule has 0 bridgehead atoms. The number of aryl methyl sites for hydroxylation is 1. The van der Waals surface area contributed by atoms with E-state index in [9.17, 15) is 17.9 Å². The number of benzene rings is 2. The van der Waals surface area contributed by atoms with Crippen LogP contribution in [-0.2, 0) is 32.3 Å². The molecule has 4 rings (SSSR count). The molecule has 10 heteroatoms. The molecule has 8 nitrogen and oxygen atoms in total. The van der Waals surface area contributed by atoms with Crippen LogP contribution in [0.15, 0.2) is 53.5 Å². The summed E-state index contributed by atoms with van der Waals surface area (Å²) >= 11 is 0. The van der Waals surface area contributed by atoms with Crippen LogP contribution < -0.4 is 4.72 Å². The van der Waals surface area contributed by atoms with Crippen molar-refractivity contribution >= 4 is 16.0 Å². The number of nitrogens with one attached hydrogen (secondary N) is 1. The van der Waals surface area contributed by atoms with Crippen LogP contribution in [0, 0.1) is 5.82 Å². The van der Waals surface area contributed by atoms with Gasteiger partial charge < -0.3 is 14.6 Å². The van der Waals surface area contributed by atoms with Crippen molar-refractivity contribution in [1.29, 1.82) is 0 Å². The number of nitrogens with zero attached hydrogens (tertiary/aromatic N) is 2. The quantitative estimate of drug-likeness (QED) is 0.474. The fraction of sp³-hybridized carbons (Fsp3) is 0.536. The van der Waals surface area contributed by atoms with Crippen LogP contribution in [0.5, 0.6) is 0 Å². The SMILES string of the molecule is CC1(C)OC(=N[C@@H](CCO)c2ccccc2F)NS(=O)(=O)C1Cc1ccc(CCCN2CCOCC2)cc1. The molecule has 2 saturated heterocycles. The van der Waals surface area contributed by atoms with Gasteiger partial charge in [0, 0.05) is 25.3 Å². The number of hydrogen-bond donors (Lipinski definition) is 2. The van der Waals surface area contributed by atoms with E-state index in [0.717, 1.165) is 51.3 Å². The van der Waals surface area contributed by atoms with Gasteiger partial charge in [-0.25, -0.2) is 22.5 Å². The predicted molar refractivity (Wildman–Crippen MR) is 145 cm³/mol. The van der Waals surface area contributed by atoms with E-state index in [1.807, 2.05) is 12.1 Å². The molecule has 2 atom stereocenters. The molecule has 208 valence electrons. The Bertz CT molecular complexity index is 1200. The van der Waals surface area contributed by atoms with Crippen LogP contribution in [0.25, 0.3) is 0 Å². The molecule has 0 amide bonds. The second-order valence-electron chi connectivity index (χ2n) is 10.4. The smallest absolute Gasteiger partial charge is 0.299 e. The summed E-state index contributed by atoms with van der Waals surface area (Å²) in [4.78, 5) is 6.77. The Hall–Kier alpha value is -2.53. The minimum absolute atomic E-state index is 0.123. The average Bonchev–Trinajstić information content (AvgIpc) is 2.87.